The van der Waals surface area contributed by atoms with Gasteiger partial charge in [-0.25, -0.2) is 0 Å². The van der Waals surface area contributed by atoms with Crippen LogP contribution < -0.4 is 0 Å². The van der Waals surface area contributed by atoms with Crippen LogP contribution >= 0.6 is 27.5 Å². The van der Waals surface area contributed by atoms with Gasteiger partial charge in [0.2, 0.25) is 0 Å². The molecule has 78 valence electrons. The van der Waals surface area contributed by atoms with Crippen LogP contribution in [0.2, 0.25) is 5.02 Å². The van der Waals surface area contributed by atoms with Crippen molar-refractivity contribution in [1.82, 2.24) is 14.8 Å². The molecule has 0 saturated heterocycles. The minimum absolute atomic E-state index is 0.724. The van der Waals surface area contributed by atoms with Gasteiger partial charge in [-0.15, -0.1) is 10.2 Å². The summed E-state index contributed by atoms with van der Waals surface area (Å²) in [4.78, 5) is 0. The maximum Gasteiger partial charge on any atom is 0.136 e. The zero-order valence-corrected chi connectivity index (χ0v) is 10.5. The number of benzene rings is 1. The first-order chi connectivity index (χ1) is 7.15. The minimum Gasteiger partial charge on any atom is -0.320 e. The van der Waals surface area contributed by atoms with E-state index in [-0.39, 0.29) is 0 Å². The number of hydrogen-bond donors (Lipinski definition) is 0. The Morgan fingerprint density at radius 2 is 2.20 bits per heavy atom. The van der Waals surface area contributed by atoms with Crippen molar-refractivity contribution in [2.24, 2.45) is 7.05 Å². The molecule has 1 heterocycles. The molecular formula is C10H9BrClN3. The van der Waals surface area contributed by atoms with E-state index in [0.29, 0.717) is 0 Å². The smallest absolute Gasteiger partial charge is 0.136 e. The van der Waals surface area contributed by atoms with Crippen LogP contribution in [0.15, 0.2) is 29.0 Å². The third-order valence-corrected chi connectivity index (χ3v) is 2.77. The molecule has 0 spiro atoms. The Morgan fingerprint density at radius 3 is 2.80 bits per heavy atom. The van der Waals surface area contributed by atoms with E-state index < -0.39 is 0 Å². The van der Waals surface area contributed by atoms with Crippen LogP contribution in [0.25, 0.3) is 0 Å². The number of aryl methyl sites for hydroxylation is 1. The predicted octanol–water partition coefficient (Wildman–Crippen LogP) is 2.82. The summed E-state index contributed by atoms with van der Waals surface area (Å²) < 4.78 is 2.88. The molecule has 2 aromatic rings. The monoisotopic (exact) mass is 285 g/mol. The second kappa shape index (κ2) is 4.33. The highest BCUT2D eigenvalue weighted by atomic mass is 79.9. The number of nitrogens with zero attached hydrogens (tertiary/aromatic N) is 3. The maximum atomic E-state index is 5.96. The van der Waals surface area contributed by atoms with E-state index in [1.807, 2.05) is 29.8 Å². The summed E-state index contributed by atoms with van der Waals surface area (Å²) in [5, 5.41) is 8.58. The molecule has 0 bridgehead atoms. The van der Waals surface area contributed by atoms with Gasteiger partial charge in [0.1, 0.15) is 12.2 Å². The van der Waals surface area contributed by atoms with Crippen molar-refractivity contribution in [3.05, 3.63) is 45.4 Å². The molecule has 0 amide bonds. The fourth-order valence-corrected chi connectivity index (χ4v) is 2.29. The van der Waals surface area contributed by atoms with Crippen LogP contribution in [0.3, 0.4) is 0 Å². The first kappa shape index (κ1) is 10.6. The standard InChI is InChI=1S/C10H9BrClN3/c1-15-6-13-14-10(15)4-7-2-8(11)5-9(12)3-7/h2-3,5-6H,4H2,1H3. The minimum atomic E-state index is 0.724. The molecular weight excluding hydrogens is 277 g/mol. The Labute approximate surface area is 101 Å². The average Bonchev–Trinajstić information content (AvgIpc) is 2.50. The number of halogens is 2. The Morgan fingerprint density at radius 1 is 1.40 bits per heavy atom. The predicted molar refractivity (Wildman–Crippen MR) is 63.0 cm³/mol. The van der Waals surface area contributed by atoms with Crippen molar-refractivity contribution in [2.75, 3.05) is 0 Å². The first-order valence-electron chi connectivity index (χ1n) is 4.43. The molecule has 0 N–H and O–H groups in total. The van der Waals surface area contributed by atoms with Crippen LogP contribution in [0.5, 0.6) is 0 Å². The molecule has 0 fully saturated rings. The zero-order chi connectivity index (χ0) is 10.8. The Balaban J connectivity index is 2.28. The van der Waals surface area contributed by atoms with E-state index in [9.17, 15) is 0 Å². The summed E-state index contributed by atoms with van der Waals surface area (Å²) in [6.07, 6.45) is 2.42. The van der Waals surface area contributed by atoms with E-state index in [1.165, 1.54) is 0 Å². The molecule has 1 aromatic carbocycles. The average molecular weight is 287 g/mol. The molecule has 0 unspecified atom stereocenters. The maximum absolute atomic E-state index is 5.96. The molecule has 0 radical (unpaired) electrons. The van der Waals surface area contributed by atoms with E-state index in [1.54, 1.807) is 6.33 Å². The summed E-state index contributed by atoms with van der Waals surface area (Å²) >= 11 is 9.37. The Bertz CT molecular complexity index is 461. The summed E-state index contributed by atoms with van der Waals surface area (Å²) in [5.41, 5.74) is 1.12. The van der Waals surface area contributed by atoms with E-state index in [4.69, 9.17) is 11.6 Å². The quantitative estimate of drug-likeness (QED) is 0.850. The third-order valence-electron chi connectivity index (χ3n) is 2.09. The highest BCUT2D eigenvalue weighted by molar-refractivity contribution is 9.10. The van der Waals surface area contributed by atoms with Gasteiger partial charge in [-0.2, -0.15) is 0 Å². The summed E-state index contributed by atoms with van der Waals surface area (Å²) in [6, 6.07) is 5.82. The normalized spacial score (nSPS) is 10.6. The molecule has 0 aliphatic carbocycles. The Kier molecular flexibility index (Phi) is 3.07. The van der Waals surface area contributed by atoms with Gasteiger partial charge in [-0.3, -0.25) is 0 Å². The Hall–Kier alpha value is -0.870. The lowest BCUT2D eigenvalue weighted by Gasteiger charge is -2.02. The topological polar surface area (TPSA) is 30.7 Å². The van der Waals surface area contributed by atoms with Crippen molar-refractivity contribution >= 4 is 27.5 Å². The van der Waals surface area contributed by atoms with Gasteiger partial charge in [0, 0.05) is 23.0 Å². The highest BCUT2D eigenvalue weighted by Crippen LogP contribution is 2.20. The van der Waals surface area contributed by atoms with Crippen LogP contribution in [0, 0.1) is 0 Å². The molecule has 0 aliphatic rings. The molecule has 0 saturated carbocycles. The SMILES string of the molecule is Cn1cnnc1Cc1cc(Cl)cc(Br)c1. The van der Waals surface area contributed by atoms with E-state index in [2.05, 4.69) is 26.1 Å². The second-order valence-electron chi connectivity index (χ2n) is 3.31. The van der Waals surface area contributed by atoms with Crippen molar-refractivity contribution < 1.29 is 0 Å². The van der Waals surface area contributed by atoms with Gasteiger partial charge in [-0.05, 0) is 23.8 Å². The van der Waals surface area contributed by atoms with E-state index in [0.717, 1.165) is 27.3 Å². The first-order valence-corrected chi connectivity index (χ1v) is 5.60. The van der Waals surface area contributed by atoms with Crippen LogP contribution in [-0.4, -0.2) is 14.8 Å². The lowest BCUT2D eigenvalue weighted by Crippen LogP contribution is -1.98. The van der Waals surface area contributed by atoms with E-state index >= 15 is 0 Å². The summed E-state index contributed by atoms with van der Waals surface area (Å²) in [6.45, 7) is 0. The third kappa shape index (κ3) is 2.58. The lowest BCUT2D eigenvalue weighted by molar-refractivity contribution is 0.821. The van der Waals surface area contributed by atoms with Gasteiger partial charge in [0.15, 0.2) is 0 Å². The largest absolute Gasteiger partial charge is 0.320 e. The van der Waals surface area contributed by atoms with Gasteiger partial charge in [0.25, 0.3) is 0 Å². The molecule has 0 aliphatic heterocycles. The van der Waals surface area contributed by atoms with Crippen LogP contribution in [0.1, 0.15) is 11.4 Å². The van der Waals surface area contributed by atoms with Gasteiger partial charge < -0.3 is 4.57 Å². The molecule has 0 atom stereocenters. The van der Waals surface area contributed by atoms with Crippen LogP contribution in [0.4, 0.5) is 0 Å². The van der Waals surface area contributed by atoms with Crippen molar-refractivity contribution in [1.29, 1.82) is 0 Å². The highest BCUT2D eigenvalue weighted by Gasteiger charge is 2.04. The summed E-state index contributed by atoms with van der Waals surface area (Å²) in [7, 11) is 1.93. The number of aromatic nitrogens is 3. The van der Waals surface area contributed by atoms with Gasteiger partial charge in [0.05, 0.1) is 0 Å². The molecule has 15 heavy (non-hydrogen) atoms. The van der Waals surface area contributed by atoms with Crippen molar-refractivity contribution in [3.63, 3.8) is 0 Å². The van der Waals surface area contributed by atoms with Crippen molar-refractivity contribution in [2.45, 2.75) is 6.42 Å². The zero-order valence-electron chi connectivity index (χ0n) is 8.11. The summed E-state index contributed by atoms with van der Waals surface area (Å²) in [5.74, 6) is 0.921. The van der Waals surface area contributed by atoms with Gasteiger partial charge >= 0.3 is 0 Å². The van der Waals surface area contributed by atoms with Crippen LogP contribution in [-0.2, 0) is 13.5 Å². The molecule has 5 heteroatoms. The lowest BCUT2D eigenvalue weighted by atomic mass is 10.1. The number of hydrogen-bond acceptors (Lipinski definition) is 2. The second-order valence-corrected chi connectivity index (χ2v) is 4.66. The fraction of sp³-hybridized carbons (Fsp3) is 0.200. The molecule has 1 aromatic heterocycles. The van der Waals surface area contributed by atoms with Crippen molar-refractivity contribution in [3.8, 4) is 0 Å². The van der Waals surface area contributed by atoms with Gasteiger partial charge in [-0.1, -0.05) is 27.5 Å². The fourth-order valence-electron chi connectivity index (χ4n) is 1.36. The number of rotatable bonds is 2. The molecule has 2 rings (SSSR count). The molecule has 3 nitrogen and oxygen atoms in total.